The van der Waals surface area contributed by atoms with Gasteiger partial charge >= 0.3 is 0 Å². The van der Waals surface area contributed by atoms with Crippen LogP contribution >= 0.6 is 34.2 Å². The summed E-state index contributed by atoms with van der Waals surface area (Å²) in [5, 5.41) is 0.812. The molecule has 0 saturated heterocycles. The lowest BCUT2D eigenvalue weighted by Gasteiger charge is -2.21. The lowest BCUT2D eigenvalue weighted by Crippen LogP contribution is -2.16. The number of benzene rings is 1. The quantitative estimate of drug-likeness (QED) is 0.556. The zero-order chi connectivity index (χ0) is 11.5. The van der Waals surface area contributed by atoms with Crippen molar-refractivity contribution >= 4 is 34.2 Å². The third-order valence-electron chi connectivity index (χ3n) is 3.06. The van der Waals surface area contributed by atoms with Crippen LogP contribution in [0.2, 0.25) is 5.02 Å². The molecule has 1 saturated carbocycles. The van der Waals surface area contributed by atoms with Gasteiger partial charge in [0.2, 0.25) is 0 Å². The van der Waals surface area contributed by atoms with Gasteiger partial charge in [-0.2, -0.15) is 0 Å². The topological polar surface area (TPSA) is 9.23 Å². The van der Waals surface area contributed by atoms with Crippen molar-refractivity contribution < 1.29 is 4.74 Å². The number of hydrogen-bond donors (Lipinski definition) is 0. The first-order valence-corrected chi connectivity index (χ1v) is 7.58. The molecule has 16 heavy (non-hydrogen) atoms. The van der Waals surface area contributed by atoms with Crippen LogP contribution in [0.3, 0.4) is 0 Å². The molecule has 2 rings (SSSR count). The molecule has 0 bridgehead atoms. The molecule has 0 radical (unpaired) electrons. The molecule has 0 aliphatic heterocycles. The van der Waals surface area contributed by atoms with Crippen molar-refractivity contribution in [2.24, 2.45) is 5.92 Å². The molecule has 3 heteroatoms. The van der Waals surface area contributed by atoms with E-state index in [2.05, 4.69) is 35.6 Å². The van der Waals surface area contributed by atoms with Crippen LogP contribution in [-0.4, -0.2) is 10.5 Å². The second kappa shape index (κ2) is 5.69. The Bertz CT molecular complexity index is 352. The van der Waals surface area contributed by atoms with Crippen LogP contribution in [0.25, 0.3) is 0 Å². The molecule has 1 aromatic rings. The number of hydrogen-bond acceptors (Lipinski definition) is 1. The van der Waals surface area contributed by atoms with E-state index in [1.165, 1.54) is 12.8 Å². The molecule has 0 N–H and O–H groups in total. The second-order valence-corrected chi connectivity index (χ2v) is 5.63. The van der Waals surface area contributed by atoms with Crippen molar-refractivity contribution in [3.63, 3.8) is 0 Å². The highest BCUT2D eigenvalue weighted by Gasteiger charge is 2.30. The molecule has 1 aliphatic rings. The molecule has 1 fully saturated rings. The van der Waals surface area contributed by atoms with E-state index in [1.807, 2.05) is 18.2 Å². The fourth-order valence-electron chi connectivity index (χ4n) is 1.86. The number of rotatable bonds is 5. The Morgan fingerprint density at radius 2 is 2.12 bits per heavy atom. The summed E-state index contributed by atoms with van der Waals surface area (Å²) >= 11 is 8.56. The van der Waals surface area contributed by atoms with Crippen molar-refractivity contribution in [3.05, 3.63) is 34.9 Å². The average Bonchev–Trinajstić information content (AvgIpc) is 3.10. The summed E-state index contributed by atoms with van der Waals surface area (Å²) in [6.45, 7) is 2.17. The monoisotopic (exact) mass is 350 g/mol. The van der Waals surface area contributed by atoms with Crippen LogP contribution in [-0.2, 0) is 4.74 Å². The number of ether oxygens (including phenoxy) is 1. The smallest absolute Gasteiger partial charge is 0.0932 e. The maximum atomic E-state index is 6.19. The highest BCUT2D eigenvalue weighted by molar-refractivity contribution is 14.1. The zero-order valence-corrected chi connectivity index (χ0v) is 12.2. The van der Waals surface area contributed by atoms with Gasteiger partial charge in [-0.25, -0.2) is 0 Å². The van der Waals surface area contributed by atoms with Gasteiger partial charge < -0.3 is 4.74 Å². The maximum Gasteiger partial charge on any atom is 0.0932 e. The van der Waals surface area contributed by atoms with Gasteiger partial charge in [-0.05, 0) is 31.7 Å². The van der Waals surface area contributed by atoms with E-state index < -0.39 is 0 Å². The van der Waals surface area contributed by atoms with Crippen molar-refractivity contribution in [3.8, 4) is 0 Å². The van der Waals surface area contributed by atoms with Gasteiger partial charge in [-0.15, -0.1) is 0 Å². The molecule has 1 aliphatic carbocycles. The maximum absolute atomic E-state index is 6.19. The Morgan fingerprint density at radius 1 is 1.44 bits per heavy atom. The van der Waals surface area contributed by atoms with Gasteiger partial charge in [0.15, 0.2) is 0 Å². The average molecular weight is 351 g/mol. The van der Waals surface area contributed by atoms with Gasteiger partial charge in [-0.3, -0.25) is 0 Å². The molecule has 2 atom stereocenters. The Kier molecular flexibility index (Phi) is 4.50. The molecule has 0 amide bonds. The number of halogens is 2. The summed E-state index contributed by atoms with van der Waals surface area (Å²) in [7, 11) is 0. The summed E-state index contributed by atoms with van der Waals surface area (Å²) in [6, 6.07) is 7.97. The predicted octanol–water partition coefficient (Wildman–Crippen LogP) is 4.63. The predicted molar refractivity (Wildman–Crippen MR) is 76.4 cm³/mol. The third-order valence-corrected chi connectivity index (χ3v) is 4.20. The van der Waals surface area contributed by atoms with Crippen LogP contribution < -0.4 is 0 Å². The third kappa shape index (κ3) is 3.11. The molecule has 0 aromatic heterocycles. The Morgan fingerprint density at radius 3 is 2.69 bits per heavy atom. The van der Waals surface area contributed by atoms with Crippen molar-refractivity contribution in [1.29, 1.82) is 0 Å². The lowest BCUT2D eigenvalue weighted by molar-refractivity contribution is -0.000566. The van der Waals surface area contributed by atoms with Crippen LogP contribution in [0.4, 0.5) is 0 Å². The molecular formula is C13H16ClIO. The van der Waals surface area contributed by atoms with Gasteiger partial charge in [0.25, 0.3) is 0 Å². The summed E-state index contributed by atoms with van der Waals surface area (Å²) in [5.74, 6) is 0.771. The molecular weight excluding hydrogens is 334 g/mol. The van der Waals surface area contributed by atoms with E-state index in [0.717, 1.165) is 20.9 Å². The largest absolute Gasteiger partial charge is 0.369 e. The van der Waals surface area contributed by atoms with E-state index >= 15 is 0 Å². The SMILES string of the molecule is CC(OC(CI)c1ccccc1Cl)C1CC1. The minimum Gasteiger partial charge on any atom is -0.369 e. The molecule has 1 aromatic carbocycles. The van der Waals surface area contributed by atoms with E-state index in [9.17, 15) is 0 Å². The zero-order valence-electron chi connectivity index (χ0n) is 9.33. The van der Waals surface area contributed by atoms with E-state index in [4.69, 9.17) is 16.3 Å². The first kappa shape index (κ1) is 12.7. The molecule has 0 heterocycles. The highest BCUT2D eigenvalue weighted by atomic mass is 127. The van der Waals surface area contributed by atoms with E-state index in [1.54, 1.807) is 0 Å². The van der Waals surface area contributed by atoms with E-state index in [0.29, 0.717) is 6.10 Å². The Hall–Kier alpha value is 0.200. The van der Waals surface area contributed by atoms with Crippen LogP contribution in [0.1, 0.15) is 31.4 Å². The normalized spacial score (nSPS) is 19.4. The fourth-order valence-corrected chi connectivity index (χ4v) is 2.80. The first-order chi connectivity index (χ1) is 7.72. The van der Waals surface area contributed by atoms with Gasteiger partial charge in [0.1, 0.15) is 0 Å². The van der Waals surface area contributed by atoms with Gasteiger partial charge in [0, 0.05) is 15.0 Å². The van der Waals surface area contributed by atoms with Crippen molar-refractivity contribution in [2.75, 3.05) is 4.43 Å². The van der Waals surface area contributed by atoms with Gasteiger partial charge in [0.05, 0.1) is 12.2 Å². The molecule has 0 spiro atoms. The summed E-state index contributed by atoms with van der Waals surface area (Å²) in [5.41, 5.74) is 1.12. The minimum atomic E-state index is 0.130. The van der Waals surface area contributed by atoms with Crippen molar-refractivity contribution in [2.45, 2.75) is 32.0 Å². The summed E-state index contributed by atoms with van der Waals surface area (Å²) in [6.07, 6.45) is 3.12. The Balaban J connectivity index is 2.06. The standard InChI is InChI=1S/C13H16ClIO/c1-9(10-6-7-10)16-13(8-15)11-4-2-3-5-12(11)14/h2-5,9-10,13H,6-8H2,1H3. The van der Waals surface area contributed by atoms with E-state index in [-0.39, 0.29) is 6.10 Å². The highest BCUT2D eigenvalue weighted by Crippen LogP contribution is 2.37. The lowest BCUT2D eigenvalue weighted by atomic mass is 10.1. The van der Waals surface area contributed by atoms with Crippen molar-refractivity contribution in [1.82, 2.24) is 0 Å². The van der Waals surface area contributed by atoms with Crippen LogP contribution in [0.5, 0.6) is 0 Å². The second-order valence-electron chi connectivity index (χ2n) is 4.34. The molecule has 1 nitrogen and oxygen atoms in total. The summed E-state index contributed by atoms with van der Waals surface area (Å²) in [4.78, 5) is 0. The summed E-state index contributed by atoms with van der Waals surface area (Å²) < 4.78 is 7.04. The molecule has 88 valence electrons. The Labute approximate surface area is 116 Å². The number of alkyl halides is 1. The first-order valence-electron chi connectivity index (χ1n) is 5.68. The van der Waals surface area contributed by atoms with Crippen LogP contribution in [0, 0.1) is 5.92 Å². The minimum absolute atomic E-state index is 0.130. The van der Waals surface area contributed by atoms with Crippen LogP contribution in [0.15, 0.2) is 24.3 Å². The molecule has 2 unspecified atom stereocenters. The fraction of sp³-hybridized carbons (Fsp3) is 0.538. The van der Waals surface area contributed by atoms with Gasteiger partial charge in [-0.1, -0.05) is 52.4 Å².